The van der Waals surface area contributed by atoms with Crippen LogP contribution in [0, 0.1) is 3.57 Å². The Bertz CT molecular complexity index is 549. The number of aromatic nitrogens is 2. The Morgan fingerprint density at radius 2 is 2.17 bits per heavy atom. The van der Waals surface area contributed by atoms with E-state index < -0.39 is 0 Å². The molecule has 0 aliphatic carbocycles. The Morgan fingerprint density at radius 3 is 2.83 bits per heavy atom. The van der Waals surface area contributed by atoms with E-state index in [2.05, 4.69) is 32.6 Å². The van der Waals surface area contributed by atoms with Gasteiger partial charge in [0, 0.05) is 12.7 Å². The Kier molecular flexibility index (Phi) is 4.32. The van der Waals surface area contributed by atoms with E-state index in [4.69, 9.17) is 15.2 Å². The molecule has 1 heterocycles. The van der Waals surface area contributed by atoms with Gasteiger partial charge in [-0.15, -0.1) is 0 Å². The summed E-state index contributed by atoms with van der Waals surface area (Å²) in [5, 5.41) is 0. The molecule has 0 bridgehead atoms. The van der Waals surface area contributed by atoms with E-state index in [9.17, 15) is 0 Å². The van der Waals surface area contributed by atoms with Gasteiger partial charge in [-0.05, 0) is 40.3 Å². The van der Waals surface area contributed by atoms with Crippen molar-refractivity contribution in [2.45, 2.75) is 6.54 Å². The van der Waals surface area contributed by atoms with Crippen molar-refractivity contribution in [2.24, 2.45) is 5.73 Å². The van der Waals surface area contributed by atoms with E-state index in [1.165, 1.54) is 6.33 Å². The number of rotatable bonds is 4. The van der Waals surface area contributed by atoms with Crippen LogP contribution in [0.4, 0.5) is 0 Å². The molecule has 2 aromatic rings. The normalized spacial score (nSPS) is 10.2. The van der Waals surface area contributed by atoms with Crippen LogP contribution in [0.25, 0.3) is 0 Å². The zero-order valence-electron chi connectivity index (χ0n) is 9.76. The quantitative estimate of drug-likeness (QED) is 0.851. The van der Waals surface area contributed by atoms with Gasteiger partial charge in [-0.1, -0.05) is 6.07 Å². The van der Waals surface area contributed by atoms with Crippen LogP contribution in [0.1, 0.15) is 5.56 Å². The highest BCUT2D eigenvalue weighted by Crippen LogP contribution is 2.32. The second kappa shape index (κ2) is 5.96. The molecule has 0 radical (unpaired) electrons. The summed E-state index contributed by atoms with van der Waals surface area (Å²) in [6.07, 6.45) is 3.13. The van der Waals surface area contributed by atoms with Crippen molar-refractivity contribution in [1.82, 2.24) is 9.97 Å². The third-order valence-electron chi connectivity index (χ3n) is 2.30. The van der Waals surface area contributed by atoms with E-state index in [1.807, 2.05) is 18.2 Å². The van der Waals surface area contributed by atoms with Crippen molar-refractivity contribution in [3.63, 3.8) is 0 Å². The lowest BCUT2D eigenvalue weighted by Gasteiger charge is -2.11. The van der Waals surface area contributed by atoms with Gasteiger partial charge in [-0.2, -0.15) is 0 Å². The Labute approximate surface area is 118 Å². The minimum absolute atomic E-state index is 0.460. The molecule has 94 valence electrons. The zero-order valence-corrected chi connectivity index (χ0v) is 11.9. The maximum absolute atomic E-state index is 5.71. The predicted octanol–water partition coefficient (Wildman–Crippen LogP) is 2.34. The largest absolute Gasteiger partial charge is 0.493 e. The molecule has 0 atom stereocenters. The second-order valence-electron chi connectivity index (χ2n) is 3.47. The average molecular weight is 357 g/mol. The van der Waals surface area contributed by atoms with E-state index >= 15 is 0 Å². The summed E-state index contributed by atoms with van der Waals surface area (Å²) in [6.45, 7) is 0.460. The molecule has 0 spiro atoms. The van der Waals surface area contributed by atoms with E-state index in [0.717, 1.165) is 9.13 Å². The molecule has 5 nitrogen and oxygen atoms in total. The van der Waals surface area contributed by atoms with Gasteiger partial charge in [0.15, 0.2) is 11.5 Å². The number of halogens is 1. The first kappa shape index (κ1) is 13.0. The lowest BCUT2D eigenvalue weighted by molar-refractivity contribution is 0.372. The number of methoxy groups -OCH3 is 1. The standard InChI is InChI=1S/C12H12IN3O2/c1-17-11-4-8(5-14)2-3-10(11)18-12-9(13)6-15-7-16-12/h2-4,6-7H,5,14H2,1H3. The number of benzene rings is 1. The molecule has 0 saturated heterocycles. The summed E-state index contributed by atoms with van der Waals surface area (Å²) in [5.41, 5.74) is 6.56. The topological polar surface area (TPSA) is 70.3 Å². The summed E-state index contributed by atoms with van der Waals surface area (Å²) in [5.74, 6) is 1.74. The van der Waals surface area contributed by atoms with Gasteiger partial charge in [0.1, 0.15) is 6.33 Å². The fourth-order valence-corrected chi connectivity index (χ4v) is 1.81. The molecule has 1 aromatic heterocycles. The molecule has 0 saturated carbocycles. The highest BCUT2D eigenvalue weighted by Gasteiger charge is 2.09. The molecule has 0 aliphatic rings. The Balaban J connectivity index is 2.32. The molecule has 18 heavy (non-hydrogen) atoms. The average Bonchev–Trinajstić information content (AvgIpc) is 2.41. The monoisotopic (exact) mass is 357 g/mol. The molecule has 0 fully saturated rings. The Hall–Kier alpha value is -1.41. The number of hydrogen-bond acceptors (Lipinski definition) is 5. The minimum atomic E-state index is 0.460. The van der Waals surface area contributed by atoms with Gasteiger partial charge >= 0.3 is 0 Å². The van der Waals surface area contributed by atoms with E-state index in [-0.39, 0.29) is 0 Å². The smallest absolute Gasteiger partial charge is 0.235 e. The van der Waals surface area contributed by atoms with Crippen LogP contribution in [0.5, 0.6) is 17.4 Å². The maximum atomic E-state index is 5.71. The van der Waals surface area contributed by atoms with E-state index in [1.54, 1.807) is 13.3 Å². The van der Waals surface area contributed by atoms with Crippen molar-refractivity contribution in [3.05, 3.63) is 39.9 Å². The van der Waals surface area contributed by atoms with Gasteiger partial charge in [0.25, 0.3) is 0 Å². The molecule has 0 unspecified atom stereocenters. The Morgan fingerprint density at radius 1 is 1.33 bits per heavy atom. The van der Waals surface area contributed by atoms with Crippen molar-refractivity contribution >= 4 is 22.6 Å². The van der Waals surface area contributed by atoms with Crippen LogP contribution in [0.15, 0.2) is 30.7 Å². The maximum Gasteiger partial charge on any atom is 0.235 e. The van der Waals surface area contributed by atoms with Crippen molar-refractivity contribution in [3.8, 4) is 17.4 Å². The van der Waals surface area contributed by atoms with Gasteiger partial charge in [-0.25, -0.2) is 9.97 Å². The summed E-state index contributed by atoms with van der Waals surface area (Å²) < 4.78 is 11.8. The predicted molar refractivity (Wildman–Crippen MR) is 75.7 cm³/mol. The number of hydrogen-bond donors (Lipinski definition) is 1. The van der Waals surface area contributed by atoms with Crippen LogP contribution in [0.2, 0.25) is 0 Å². The van der Waals surface area contributed by atoms with Crippen molar-refractivity contribution in [2.75, 3.05) is 7.11 Å². The second-order valence-corrected chi connectivity index (χ2v) is 4.63. The molecule has 0 aliphatic heterocycles. The fraction of sp³-hybridized carbons (Fsp3) is 0.167. The van der Waals surface area contributed by atoms with Gasteiger partial charge in [0.2, 0.25) is 5.88 Å². The lowest BCUT2D eigenvalue weighted by atomic mass is 10.2. The number of nitrogens with two attached hydrogens (primary N) is 1. The molecule has 6 heteroatoms. The van der Waals surface area contributed by atoms with Crippen LogP contribution in [-0.4, -0.2) is 17.1 Å². The molecular formula is C12H12IN3O2. The lowest BCUT2D eigenvalue weighted by Crippen LogP contribution is -1.99. The van der Waals surface area contributed by atoms with Gasteiger partial charge in [0.05, 0.1) is 10.7 Å². The van der Waals surface area contributed by atoms with Gasteiger partial charge in [-0.3, -0.25) is 0 Å². The first-order valence-electron chi connectivity index (χ1n) is 5.25. The van der Waals surface area contributed by atoms with Crippen LogP contribution in [0.3, 0.4) is 0 Å². The van der Waals surface area contributed by atoms with Crippen LogP contribution in [-0.2, 0) is 6.54 Å². The molecule has 1 aromatic carbocycles. The van der Waals surface area contributed by atoms with E-state index in [0.29, 0.717) is 23.9 Å². The van der Waals surface area contributed by atoms with Gasteiger partial charge < -0.3 is 15.2 Å². The summed E-state index contributed by atoms with van der Waals surface area (Å²) >= 11 is 2.11. The first-order valence-corrected chi connectivity index (χ1v) is 6.33. The summed E-state index contributed by atoms with van der Waals surface area (Å²) in [4.78, 5) is 7.98. The molecular weight excluding hydrogens is 345 g/mol. The minimum Gasteiger partial charge on any atom is -0.493 e. The van der Waals surface area contributed by atoms with Crippen molar-refractivity contribution < 1.29 is 9.47 Å². The number of ether oxygens (including phenoxy) is 2. The SMILES string of the molecule is COc1cc(CN)ccc1Oc1ncncc1I. The molecule has 2 N–H and O–H groups in total. The summed E-state index contributed by atoms with van der Waals surface area (Å²) in [7, 11) is 1.59. The fourth-order valence-electron chi connectivity index (χ4n) is 1.40. The number of nitrogens with zero attached hydrogens (tertiary/aromatic N) is 2. The molecule has 2 rings (SSSR count). The molecule has 0 amide bonds. The highest BCUT2D eigenvalue weighted by molar-refractivity contribution is 14.1. The third kappa shape index (κ3) is 2.88. The first-order chi connectivity index (χ1) is 8.74. The zero-order chi connectivity index (χ0) is 13.0. The van der Waals surface area contributed by atoms with Crippen LogP contribution < -0.4 is 15.2 Å². The third-order valence-corrected chi connectivity index (χ3v) is 3.04. The van der Waals surface area contributed by atoms with Crippen LogP contribution >= 0.6 is 22.6 Å². The summed E-state index contributed by atoms with van der Waals surface area (Å²) in [6, 6.07) is 5.56. The van der Waals surface area contributed by atoms with Crippen molar-refractivity contribution in [1.29, 1.82) is 0 Å². The highest BCUT2D eigenvalue weighted by atomic mass is 127.